The fourth-order valence-electron chi connectivity index (χ4n) is 3.26. The second-order valence-corrected chi connectivity index (χ2v) is 9.35. The van der Waals surface area contributed by atoms with E-state index in [-0.39, 0.29) is 29.4 Å². The van der Waals surface area contributed by atoms with Crippen LogP contribution in [-0.2, 0) is 32.6 Å². The van der Waals surface area contributed by atoms with E-state index in [1.807, 2.05) is 0 Å². The van der Waals surface area contributed by atoms with Gasteiger partial charge in [-0.25, -0.2) is 13.1 Å². The number of non-ortho nitro benzene ring substituents is 1. The Morgan fingerprint density at radius 2 is 1.93 bits per heavy atom. The second-order valence-electron chi connectivity index (χ2n) is 6.85. The molecule has 154 valence electrons. The molecule has 0 saturated carbocycles. The third kappa shape index (κ3) is 4.05. The minimum Gasteiger partial charge on any atom is -0.310 e. The largest absolute Gasteiger partial charge is 0.310 e. The van der Waals surface area contributed by atoms with Crippen molar-refractivity contribution in [2.24, 2.45) is 0 Å². The maximum atomic E-state index is 12.6. The van der Waals surface area contributed by atoms with Gasteiger partial charge >= 0.3 is 0 Å². The van der Waals surface area contributed by atoms with Crippen LogP contribution in [-0.4, -0.2) is 29.0 Å². The number of nitrogens with one attached hydrogen (secondary N) is 1. The SMILES string of the molecule is O=C(Cc1ccc([N+](=O)[O-])cc1)Nc1c2c(nn1-c1cccc(Cl)c1)CS(=O)(=O)C2. The smallest absolute Gasteiger partial charge is 0.269 e. The van der Waals surface area contributed by atoms with Crippen LogP contribution in [0.4, 0.5) is 11.5 Å². The topological polar surface area (TPSA) is 124 Å². The molecule has 1 amide bonds. The number of nitro groups is 1. The Labute approximate surface area is 176 Å². The second kappa shape index (κ2) is 7.54. The maximum Gasteiger partial charge on any atom is 0.269 e. The summed E-state index contributed by atoms with van der Waals surface area (Å²) < 4.78 is 25.5. The molecule has 0 bridgehead atoms. The van der Waals surface area contributed by atoms with Crippen LogP contribution in [0.1, 0.15) is 16.8 Å². The molecule has 30 heavy (non-hydrogen) atoms. The number of carbonyl (C=O) groups is 1. The molecule has 1 aliphatic rings. The van der Waals surface area contributed by atoms with E-state index in [0.717, 1.165) is 0 Å². The molecular weight excluding hydrogens is 432 g/mol. The normalized spacial score (nSPS) is 14.3. The van der Waals surface area contributed by atoms with Gasteiger partial charge < -0.3 is 5.32 Å². The first-order valence-corrected chi connectivity index (χ1v) is 11.0. The highest BCUT2D eigenvalue weighted by molar-refractivity contribution is 7.90. The zero-order valence-corrected chi connectivity index (χ0v) is 17.0. The van der Waals surface area contributed by atoms with Gasteiger partial charge in [-0.05, 0) is 23.8 Å². The summed E-state index contributed by atoms with van der Waals surface area (Å²) >= 11 is 6.06. The Hall–Kier alpha value is -3.24. The summed E-state index contributed by atoms with van der Waals surface area (Å²) in [6.45, 7) is 0. The molecule has 2 heterocycles. The van der Waals surface area contributed by atoms with Crippen LogP contribution in [0.25, 0.3) is 5.69 Å². The molecule has 0 aliphatic carbocycles. The van der Waals surface area contributed by atoms with E-state index < -0.39 is 20.7 Å². The van der Waals surface area contributed by atoms with Gasteiger partial charge in [-0.15, -0.1) is 0 Å². The van der Waals surface area contributed by atoms with Gasteiger partial charge in [0.1, 0.15) is 5.82 Å². The molecule has 0 saturated heterocycles. The van der Waals surface area contributed by atoms with E-state index in [1.165, 1.54) is 28.9 Å². The summed E-state index contributed by atoms with van der Waals surface area (Å²) in [5, 5.41) is 18.4. The van der Waals surface area contributed by atoms with Crippen LogP contribution >= 0.6 is 11.6 Å². The number of sulfone groups is 1. The number of fused-ring (bicyclic) bond motifs is 1. The number of nitro benzene ring substituents is 1. The Morgan fingerprint density at radius 1 is 1.20 bits per heavy atom. The summed E-state index contributed by atoms with van der Waals surface area (Å²) in [7, 11) is -3.32. The van der Waals surface area contributed by atoms with Crippen molar-refractivity contribution in [3.05, 3.63) is 80.5 Å². The molecule has 0 radical (unpaired) electrons. The zero-order chi connectivity index (χ0) is 21.5. The van der Waals surface area contributed by atoms with Crippen LogP contribution in [0.15, 0.2) is 48.5 Å². The average molecular weight is 447 g/mol. The highest BCUT2D eigenvalue weighted by Gasteiger charge is 2.33. The van der Waals surface area contributed by atoms with Crippen molar-refractivity contribution < 1.29 is 18.1 Å². The van der Waals surface area contributed by atoms with E-state index in [4.69, 9.17) is 11.6 Å². The van der Waals surface area contributed by atoms with Crippen LogP contribution < -0.4 is 5.32 Å². The highest BCUT2D eigenvalue weighted by atomic mass is 35.5. The molecule has 1 aromatic heterocycles. The van der Waals surface area contributed by atoms with Gasteiger partial charge in [-0.3, -0.25) is 14.9 Å². The molecule has 1 aliphatic heterocycles. The third-order valence-corrected chi connectivity index (χ3v) is 6.29. The van der Waals surface area contributed by atoms with Crippen molar-refractivity contribution >= 4 is 38.9 Å². The van der Waals surface area contributed by atoms with Crippen molar-refractivity contribution in [3.8, 4) is 5.69 Å². The molecule has 0 spiro atoms. The van der Waals surface area contributed by atoms with E-state index in [2.05, 4.69) is 10.4 Å². The highest BCUT2D eigenvalue weighted by Crippen LogP contribution is 2.33. The lowest BCUT2D eigenvalue weighted by Gasteiger charge is -2.11. The molecule has 2 aromatic carbocycles. The Balaban J connectivity index is 1.64. The van der Waals surface area contributed by atoms with Gasteiger partial charge in [0.25, 0.3) is 5.69 Å². The van der Waals surface area contributed by atoms with Crippen molar-refractivity contribution in [3.63, 3.8) is 0 Å². The zero-order valence-electron chi connectivity index (χ0n) is 15.4. The molecule has 0 atom stereocenters. The number of rotatable bonds is 5. The predicted molar refractivity (Wildman–Crippen MR) is 110 cm³/mol. The molecule has 0 fully saturated rings. The standard InChI is InChI=1S/C19H15ClN4O5S/c20-13-2-1-3-15(9-13)23-19(16-10-30(28,29)11-17(16)22-23)21-18(25)8-12-4-6-14(7-5-12)24(26)27/h1-7,9H,8,10-11H2,(H,21,25). The van der Waals surface area contributed by atoms with Gasteiger partial charge in [0.2, 0.25) is 5.91 Å². The van der Waals surface area contributed by atoms with E-state index >= 15 is 0 Å². The number of benzene rings is 2. The predicted octanol–water partition coefficient (Wildman–Crippen LogP) is 3.04. The van der Waals surface area contributed by atoms with Crippen LogP contribution in [0, 0.1) is 10.1 Å². The van der Waals surface area contributed by atoms with Crippen LogP contribution in [0.5, 0.6) is 0 Å². The van der Waals surface area contributed by atoms with Crippen LogP contribution in [0.2, 0.25) is 5.02 Å². The molecule has 1 N–H and O–H groups in total. The molecular formula is C19H15ClN4O5S. The summed E-state index contributed by atoms with van der Waals surface area (Å²) in [4.78, 5) is 22.9. The molecule has 9 nitrogen and oxygen atoms in total. The summed E-state index contributed by atoms with van der Waals surface area (Å²) in [6, 6.07) is 12.5. The summed E-state index contributed by atoms with van der Waals surface area (Å²) in [5.74, 6) is -0.531. The first kappa shape index (κ1) is 20.0. The fraction of sp³-hybridized carbons (Fsp3) is 0.158. The quantitative estimate of drug-likeness (QED) is 0.474. The number of amides is 1. The lowest BCUT2D eigenvalue weighted by molar-refractivity contribution is -0.384. The average Bonchev–Trinajstić information content (AvgIpc) is 3.15. The Morgan fingerprint density at radius 3 is 2.60 bits per heavy atom. The van der Waals surface area contributed by atoms with Gasteiger partial charge in [0.05, 0.1) is 34.2 Å². The number of hydrogen-bond donors (Lipinski definition) is 1. The number of aromatic nitrogens is 2. The molecule has 4 rings (SSSR count). The Kier molecular flexibility index (Phi) is 5.04. The molecule has 11 heteroatoms. The van der Waals surface area contributed by atoms with Crippen molar-refractivity contribution in [2.45, 2.75) is 17.9 Å². The maximum absolute atomic E-state index is 12.6. The Bertz CT molecular complexity index is 1270. The number of carbonyl (C=O) groups excluding carboxylic acids is 1. The lowest BCUT2D eigenvalue weighted by atomic mass is 10.1. The van der Waals surface area contributed by atoms with E-state index in [0.29, 0.717) is 27.5 Å². The van der Waals surface area contributed by atoms with E-state index in [9.17, 15) is 23.3 Å². The van der Waals surface area contributed by atoms with E-state index in [1.54, 1.807) is 24.3 Å². The van der Waals surface area contributed by atoms with Gasteiger partial charge in [0.15, 0.2) is 9.84 Å². The molecule has 3 aromatic rings. The summed E-state index contributed by atoms with van der Waals surface area (Å²) in [5.41, 5.74) is 1.94. The first-order chi connectivity index (χ1) is 14.2. The number of nitrogens with zero attached hydrogens (tertiary/aromatic N) is 3. The monoisotopic (exact) mass is 446 g/mol. The number of halogens is 1. The third-order valence-electron chi connectivity index (χ3n) is 4.61. The first-order valence-electron chi connectivity index (χ1n) is 8.82. The molecule has 0 unspecified atom stereocenters. The van der Waals surface area contributed by atoms with Crippen LogP contribution in [0.3, 0.4) is 0 Å². The van der Waals surface area contributed by atoms with Crippen molar-refractivity contribution in [2.75, 3.05) is 5.32 Å². The van der Waals surface area contributed by atoms with Gasteiger partial charge in [-0.1, -0.05) is 29.8 Å². The van der Waals surface area contributed by atoms with Crippen molar-refractivity contribution in [1.82, 2.24) is 9.78 Å². The van der Waals surface area contributed by atoms with Gasteiger partial charge in [0, 0.05) is 22.7 Å². The fourth-order valence-corrected chi connectivity index (χ4v) is 4.94. The minimum atomic E-state index is -3.32. The van der Waals surface area contributed by atoms with Gasteiger partial charge in [-0.2, -0.15) is 5.10 Å². The number of anilines is 1. The lowest BCUT2D eigenvalue weighted by Crippen LogP contribution is -2.18. The number of hydrogen-bond acceptors (Lipinski definition) is 6. The minimum absolute atomic E-state index is 0.0414. The van der Waals surface area contributed by atoms with Crippen molar-refractivity contribution in [1.29, 1.82) is 0 Å². The summed E-state index contributed by atoms with van der Waals surface area (Å²) in [6.07, 6.45) is -0.0414.